The third kappa shape index (κ3) is 4.13. The number of methoxy groups -OCH3 is 1. The summed E-state index contributed by atoms with van der Waals surface area (Å²) in [4.78, 5) is 39.9. The minimum Gasteiger partial charge on any atom is -0.507 e. The average Bonchev–Trinajstić information content (AvgIpc) is 3.39. The summed E-state index contributed by atoms with van der Waals surface area (Å²) in [5.41, 5.74) is 3.17. The number of aliphatic hydroxyl groups excluding tert-OH is 1. The summed E-state index contributed by atoms with van der Waals surface area (Å²) in [6, 6.07) is 20.3. The van der Waals surface area contributed by atoms with E-state index in [4.69, 9.17) is 9.47 Å². The molecule has 3 aromatic rings. The van der Waals surface area contributed by atoms with Crippen molar-refractivity contribution in [1.82, 2.24) is 4.90 Å². The molecular formula is C29H25NO6. The van der Waals surface area contributed by atoms with Crippen molar-refractivity contribution < 1.29 is 29.0 Å². The van der Waals surface area contributed by atoms with Crippen molar-refractivity contribution in [3.8, 4) is 5.75 Å². The van der Waals surface area contributed by atoms with E-state index >= 15 is 0 Å². The van der Waals surface area contributed by atoms with Gasteiger partial charge < -0.3 is 19.5 Å². The minimum atomic E-state index is -0.833. The van der Waals surface area contributed by atoms with Crippen LogP contribution in [0.2, 0.25) is 0 Å². The molecule has 2 heterocycles. The molecule has 0 saturated carbocycles. The summed E-state index contributed by atoms with van der Waals surface area (Å²) >= 11 is 0. The lowest BCUT2D eigenvalue weighted by atomic mass is 9.93. The van der Waals surface area contributed by atoms with E-state index in [0.29, 0.717) is 23.1 Å². The zero-order valence-corrected chi connectivity index (χ0v) is 19.9. The van der Waals surface area contributed by atoms with Crippen LogP contribution in [-0.2, 0) is 27.3 Å². The number of likely N-dealkylation sites (tertiary alicyclic amines) is 1. The Bertz CT molecular complexity index is 1380. The van der Waals surface area contributed by atoms with E-state index < -0.39 is 23.7 Å². The highest BCUT2D eigenvalue weighted by Gasteiger charge is 2.46. The number of hydrogen-bond acceptors (Lipinski definition) is 6. The number of hydrogen-bond donors (Lipinski definition) is 1. The molecule has 1 saturated heterocycles. The molecule has 182 valence electrons. The van der Waals surface area contributed by atoms with Gasteiger partial charge in [-0.25, -0.2) is 4.79 Å². The topological polar surface area (TPSA) is 93.1 Å². The molecule has 36 heavy (non-hydrogen) atoms. The highest BCUT2D eigenvalue weighted by molar-refractivity contribution is 6.46. The molecule has 2 aliphatic rings. The molecule has 0 aliphatic carbocycles. The van der Waals surface area contributed by atoms with Gasteiger partial charge in [0.05, 0.1) is 24.3 Å². The highest BCUT2D eigenvalue weighted by Crippen LogP contribution is 2.41. The Morgan fingerprint density at radius 1 is 1.03 bits per heavy atom. The first-order chi connectivity index (χ1) is 17.4. The number of ether oxygens (including phenoxy) is 2. The number of esters is 1. The van der Waals surface area contributed by atoms with Crippen molar-refractivity contribution in [1.29, 1.82) is 0 Å². The van der Waals surface area contributed by atoms with Crippen molar-refractivity contribution in [3.05, 3.63) is 106 Å². The molecule has 3 aromatic carbocycles. The summed E-state index contributed by atoms with van der Waals surface area (Å²) in [5, 5.41) is 11.4. The van der Waals surface area contributed by atoms with Gasteiger partial charge in [0.2, 0.25) is 0 Å². The molecule has 2 aliphatic heterocycles. The third-order valence-electron chi connectivity index (χ3n) is 6.55. The fourth-order valence-electron chi connectivity index (χ4n) is 4.81. The normalized spacial score (nSPS) is 20.2. The number of Topliss-reactive ketones (excluding diaryl/α,β-unsaturated/α-hetero) is 1. The van der Waals surface area contributed by atoms with Gasteiger partial charge in [0.1, 0.15) is 17.6 Å². The molecule has 2 unspecified atom stereocenters. The molecule has 0 spiro atoms. The van der Waals surface area contributed by atoms with E-state index in [-0.39, 0.29) is 24.0 Å². The smallest absolute Gasteiger partial charge is 0.337 e. The molecule has 1 fully saturated rings. The van der Waals surface area contributed by atoms with E-state index in [1.54, 1.807) is 42.5 Å². The van der Waals surface area contributed by atoms with E-state index in [1.165, 1.54) is 12.0 Å². The Labute approximate surface area is 208 Å². The number of aliphatic hydroxyl groups is 1. The first-order valence-electron chi connectivity index (χ1n) is 11.7. The maximum atomic E-state index is 13.3. The number of carbonyl (C=O) groups is 3. The summed E-state index contributed by atoms with van der Waals surface area (Å²) in [5.74, 6) is -1.43. The quantitative estimate of drug-likeness (QED) is 0.250. The molecule has 0 aromatic heterocycles. The van der Waals surface area contributed by atoms with Gasteiger partial charge in [-0.1, -0.05) is 42.5 Å². The summed E-state index contributed by atoms with van der Waals surface area (Å²) in [6.45, 7) is 2.15. The average molecular weight is 484 g/mol. The van der Waals surface area contributed by atoms with Gasteiger partial charge in [-0.3, -0.25) is 9.59 Å². The monoisotopic (exact) mass is 483 g/mol. The zero-order valence-electron chi connectivity index (χ0n) is 19.9. The largest absolute Gasteiger partial charge is 0.507 e. The number of nitrogens with zero attached hydrogens (tertiary/aromatic N) is 1. The van der Waals surface area contributed by atoms with Crippen LogP contribution < -0.4 is 4.74 Å². The van der Waals surface area contributed by atoms with Gasteiger partial charge in [0.25, 0.3) is 11.7 Å². The Kier molecular flexibility index (Phi) is 6.06. The molecule has 0 bridgehead atoms. The van der Waals surface area contributed by atoms with Gasteiger partial charge in [-0.15, -0.1) is 0 Å². The van der Waals surface area contributed by atoms with Crippen LogP contribution in [0.1, 0.15) is 45.6 Å². The van der Waals surface area contributed by atoms with Gasteiger partial charge in [0, 0.05) is 18.5 Å². The van der Waals surface area contributed by atoms with Crippen LogP contribution in [0, 0.1) is 0 Å². The maximum Gasteiger partial charge on any atom is 0.337 e. The summed E-state index contributed by atoms with van der Waals surface area (Å²) in [7, 11) is 1.30. The highest BCUT2D eigenvalue weighted by atomic mass is 16.5. The summed E-state index contributed by atoms with van der Waals surface area (Å²) in [6.07, 6.45) is 0.721. The Hall–Kier alpha value is -4.39. The van der Waals surface area contributed by atoms with E-state index in [2.05, 4.69) is 0 Å². The fourth-order valence-corrected chi connectivity index (χ4v) is 4.81. The van der Waals surface area contributed by atoms with E-state index in [0.717, 1.165) is 16.9 Å². The number of carbonyl (C=O) groups excluding carboxylic acids is 3. The van der Waals surface area contributed by atoms with Crippen molar-refractivity contribution in [3.63, 3.8) is 0 Å². The zero-order chi connectivity index (χ0) is 25.4. The predicted octanol–water partition coefficient (Wildman–Crippen LogP) is 4.42. The number of rotatable bonds is 5. The molecule has 5 rings (SSSR count). The lowest BCUT2D eigenvalue weighted by Gasteiger charge is -2.25. The van der Waals surface area contributed by atoms with Crippen LogP contribution in [-0.4, -0.2) is 40.9 Å². The second-order valence-corrected chi connectivity index (χ2v) is 8.98. The molecule has 7 heteroatoms. The third-order valence-corrected chi connectivity index (χ3v) is 6.55. The molecular weight excluding hydrogens is 458 g/mol. The van der Waals surface area contributed by atoms with Gasteiger partial charge >= 0.3 is 5.97 Å². The minimum absolute atomic E-state index is 0.00802. The molecule has 1 N–H and O–H groups in total. The van der Waals surface area contributed by atoms with Crippen LogP contribution in [0.15, 0.2) is 78.4 Å². The Morgan fingerprint density at radius 2 is 1.72 bits per heavy atom. The SMILES string of the molecule is COC(=O)c1ccc(C2/C(=C(/O)c3ccc4c(c3)CC(C)O4)C(=O)C(=O)N2Cc2ccccc2)cc1. The fraction of sp³-hybridized carbons (Fsp3) is 0.207. The van der Waals surface area contributed by atoms with Crippen molar-refractivity contribution in [2.45, 2.75) is 32.0 Å². The predicted molar refractivity (Wildman–Crippen MR) is 132 cm³/mol. The molecule has 7 nitrogen and oxygen atoms in total. The van der Waals surface area contributed by atoms with Crippen LogP contribution in [0.25, 0.3) is 5.76 Å². The number of fused-ring (bicyclic) bond motifs is 1. The maximum absolute atomic E-state index is 13.3. The lowest BCUT2D eigenvalue weighted by molar-refractivity contribution is -0.140. The molecule has 2 atom stereocenters. The number of benzene rings is 3. The summed E-state index contributed by atoms with van der Waals surface area (Å²) < 4.78 is 10.5. The molecule has 1 amide bonds. The van der Waals surface area contributed by atoms with Crippen molar-refractivity contribution in [2.24, 2.45) is 0 Å². The lowest BCUT2D eigenvalue weighted by Crippen LogP contribution is -2.29. The number of amides is 1. The van der Waals surface area contributed by atoms with E-state index in [9.17, 15) is 19.5 Å². The van der Waals surface area contributed by atoms with Crippen molar-refractivity contribution >= 4 is 23.4 Å². The molecule has 0 radical (unpaired) electrons. The van der Waals surface area contributed by atoms with Gasteiger partial charge in [0.15, 0.2) is 0 Å². The van der Waals surface area contributed by atoms with Gasteiger partial charge in [-0.05, 0) is 53.9 Å². The number of ketones is 1. The van der Waals surface area contributed by atoms with Crippen LogP contribution in [0.4, 0.5) is 0 Å². The van der Waals surface area contributed by atoms with Crippen molar-refractivity contribution in [2.75, 3.05) is 7.11 Å². The Morgan fingerprint density at radius 3 is 2.42 bits per heavy atom. The second-order valence-electron chi connectivity index (χ2n) is 8.98. The first kappa shape index (κ1) is 23.4. The van der Waals surface area contributed by atoms with Crippen LogP contribution in [0.3, 0.4) is 0 Å². The van der Waals surface area contributed by atoms with Crippen LogP contribution in [0.5, 0.6) is 5.75 Å². The Balaban J connectivity index is 1.62. The van der Waals surface area contributed by atoms with Crippen LogP contribution >= 0.6 is 0 Å². The van der Waals surface area contributed by atoms with Gasteiger partial charge in [-0.2, -0.15) is 0 Å². The van der Waals surface area contributed by atoms with E-state index in [1.807, 2.05) is 37.3 Å². The standard InChI is InChI=1S/C29H25NO6/c1-17-14-22-15-21(12-13-23(22)36-17)26(31)24-25(19-8-10-20(11-9-19)29(34)35-2)30(28(33)27(24)32)16-18-6-4-3-5-7-18/h3-13,15,17,25,31H,14,16H2,1-2H3/b26-24-. The second kappa shape index (κ2) is 9.34. The first-order valence-corrected chi connectivity index (χ1v) is 11.7.